The van der Waals surface area contributed by atoms with Gasteiger partial charge in [0.1, 0.15) is 12.9 Å². The molecule has 1 aliphatic rings. The third-order valence-electron chi connectivity index (χ3n) is 2.71. The summed E-state index contributed by atoms with van der Waals surface area (Å²) in [6, 6.07) is 0. The molecule has 0 aromatic heterocycles. The van der Waals surface area contributed by atoms with Crippen molar-refractivity contribution in [3.8, 4) is 0 Å². The van der Waals surface area contributed by atoms with Gasteiger partial charge in [-0.3, -0.25) is 0 Å². The first-order valence-electron chi connectivity index (χ1n) is 5.46. The van der Waals surface area contributed by atoms with E-state index in [1.807, 2.05) is 0 Å². The maximum atomic E-state index is 5.71. The van der Waals surface area contributed by atoms with E-state index in [1.165, 1.54) is 5.57 Å². The predicted octanol–water partition coefficient (Wildman–Crippen LogP) is 2.51. The van der Waals surface area contributed by atoms with Crippen LogP contribution in [0.25, 0.3) is 0 Å². The number of ether oxygens (including phenoxy) is 3. The lowest BCUT2D eigenvalue weighted by Crippen LogP contribution is -2.36. The van der Waals surface area contributed by atoms with Crippen molar-refractivity contribution in [2.45, 2.75) is 45.3 Å². The Morgan fingerprint density at radius 2 is 2.20 bits per heavy atom. The maximum absolute atomic E-state index is 5.71. The molecule has 2 atom stereocenters. The van der Waals surface area contributed by atoms with E-state index in [2.05, 4.69) is 26.8 Å². The molecule has 1 rings (SSSR count). The van der Waals surface area contributed by atoms with Crippen molar-refractivity contribution in [3.63, 3.8) is 0 Å². The molecular formula is C12H22O3. The summed E-state index contributed by atoms with van der Waals surface area (Å²) in [6.45, 7) is 7.48. The Balaban J connectivity index is 2.38. The van der Waals surface area contributed by atoms with Gasteiger partial charge in [0.15, 0.2) is 0 Å². The Hall–Kier alpha value is -0.380. The van der Waals surface area contributed by atoms with E-state index in [4.69, 9.17) is 14.2 Å². The fourth-order valence-corrected chi connectivity index (χ4v) is 1.57. The number of allylic oxidation sites excluding steroid dienone is 2. The van der Waals surface area contributed by atoms with Gasteiger partial charge >= 0.3 is 0 Å². The van der Waals surface area contributed by atoms with Crippen molar-refractivity contribution in [2.24, 2.45) is 0 Å². The van der Waals surface area contributed by atoms with E-state index in [0.29, 0.717) is 6.79 Å². The predicted molar refractivity (Wildman–Crippen MR) is 59.8 cm³/mol. The van der Waals surface area contributed by atoms with Crippen LogP contribution in [0.1, 0.15) is 33.6 Å². The molecular weight excluding hydrogens is 192 g/mol. The van der Waals surface area contributed by atoms with Crippen LogP contribution in [-0.2, 0) is 14.2 Å². The molecule has 0 radical (unpaired) electrons. The minimum absolute atomic E-state index is 0.192. The third-order valence-corrected chi connectivity index (χ3v) is 2.71. The standard InChI is InChI=1S/C12H22O3/c1-10(2)6-5-7-12(3,11-8-14-11)15-9-13-4/h6,11H,5,7-9H2,1-4H3/t11-,12+/m1/s1. The first-order valence-corrected chi connectivity index (χ1v) is 5.46. The van der Waals surface area contributed by atoms with Crippen molar-refractivity contribution < 1.29 is 14.2 Å². The van der Waals surface area contributed by atoms with Crippen LogP contribution in [0.4, 0.5) is 0 Å². The zero-order valence-corrected chi connectivity index (χ0v) is 10.2. The lowest BCUT2D eigenvalue weighted by atomic mass is 9.95. The van der Waals surface area contributed by atoms with E-state index >= 15 is 0 Å². The molecule has 88 valence electrons. The summed E-state index contributed by atoms with van der Waals surface area (Å²) < 4.78 is 16.0. The topological polar surface area (TPSA) is 31.0 Å². The SMILES string of the molecule is COCO[C@@](C)(CCC=C(C)C)[C@H]1CO1. The van der Waals surface area contributed by atoms with Gasteiger partial charge in [-0.25, -0.2) is 0 Å². The van der Waals surface area contributed by atoms with E-state index in [0.717, 1.165) is 19.4 Å². The minimum atomic E-state index is -0.192. The highest BCUT2D eigenvalue weighted by Gasteiger charge is 2.43. The molecule has 3 nitrogen and oxygen atoms in total. The molecule has 0 aromatic rings. The van der Waals surface area contributed by atoms with Gasteiger partial charge in [-0.15, -0.1) is 0 Å². The molecule has 1 aliphatic heterocycles. The van der Waals surface area contributed by atoms with Crippen molar-refractivity contribution in [3.05, 3.63) is 11.6 Å². The van der Waals surface area contributed by atoms with E-state index in [9.17, 15) is 0 Å². The zero-order valence-electron chi connectivity index (χ0n) is 10.2. The van der Waals surface area contributed by atoms with Gasteiger partial charge in [-0.2, -0.15) is 0 Å². The molecule has 0 aromatic carbocycles. The quantitative estimate of drug-likeness (QED) is 0.370. The maximum Gasteiger partial charge on any atom is 0.147 e. The fourth-order valence-electron chi connectivity index (χ4n) is 1.57. The van der Waals surface area contributed by atoms with Crippen molar-refractivity contribution in [1.82, 2.24) is 0 Å². The molecule has 1 saturated heterocycles. The number of hydrogen-bond donors (Lipinski definition) is 0. The second kappa shape index (κ2) is 5.64. The lowest BCUT2D eigenvalue weighted by Gasteiger charge is -2.27. The molecule has 0 unspecified atom stereocenters. The highest BCUT2D eigenvalue weighted by Crippen LogP contribution is 2.32. The number of methoxy groups -OCH3 is 1. The summed E-state index contributed by atoms with van der Waals surface area (Å²) >= 11 is 0. The lowest BCUT2D eigenvalue weighted by molar-refractivity contribution is -0.135. The number of rotatable bonds is 7. The molecule has 0 spiro atoms. The van der Waals surface area contributed by atoms with Gasteiger partial charge in [0.2, 0.25) is 0 Å². The van der Waals surface area contributed by atoms with Gasteiger partial charge in [-0.1, -0.05) is 11.6 Å². The molecule has 0 amide bonds. The summed E-state index contributed by atoms with van der Waals surface area (Å²) in [6.07, 6.45) is 4.49. The molecule has 1 fully saturated rings. The van der Waals surface area contributed by atoms with Crippen LogP contribution in [0.3, 0.4) is 0 Å². The van der Waals surface area contributed by atoms with Gasteiger partial charge in [0.25, 0.3) is 0 Å². The van der Waals surface area contributed by atoms with Gasteiger partial charge in [0.05, 0.1) is 12.2 Å². The Morgan fingerprint density at radius 3 is 2.67 bits per heavy atom. The molecule has 0 aliphatic carbocycles. The average molecular weight is 214 g/mol. The molecule has 3 heteroatoms. The summed E-state index contributed by atoms with van der Waals surface area (Å²) in [5.74, 6) is 0. The summed E-state index contributed by atoms with van der Waals surface area (Å²) in [5, 5.41) is 0. The number of hydrogen-bond acceptors (Lipinski definition) is 3. The first kappa shape index (κ1) is 12.7. The third kappa shape index (κ3) is 4.33. The second-order valence-electron chi connectivity index (χ2n) is 4.51. The van der Waals surface area contributed by atoms with Gasteiger partial charge in [0, 0.05) is 7.11 Å². The smallest absolute Gasteiger partial charge is 0.147 e. The van der Waals surface area contributed by atoms with Gasteiger partial charge in [-0.05, 0) is 33.6 Å². The molecule has 0 bridgehead atoms. The zero-order chi connectivity index (χ0) is 11.3. The Kier molecular flexibility index (Phi) is 4.77. The first-order chi connectivity index (χ1) is 7.08. The summed E-state index contributed by atoms with van der Waals surface area (Å²) in [4.78, 5) is 0. The molecule has 0 N–H and O–H groups in total. The Bertz CT molecular complexity index is 217. The van der Waals surface area contributed by atoms with Crippen LogP contribution in [0.15, 0.2) is 11.6 Å². The number of epoxide rings is 1. The normalized spacial score (nSPS) is 23.3. The van der Waals surface area contributed by atoms with Crippen molar-refractivity contribution >= 4 is 0 Å². The largest absolute Gasteiger partial charge is 0.370 e. The Labute approximate surface area is 92.4 Å². The van der Waals surface area contributed by atoms with Crippen LogP contribution in [-0.4, -0.2) is 32.2 Å². The minimum Gasteiger partial charge on any atom is -0.370 e. The average Bonchev–Trinajstić information content (AvgIpc) is 2.97. The van der Waals surface area contributed by atoms with Crippen molar-refractivity contribution in [1.29, 1.82) is 0 Å². The van der Waals surface area contributed by atoms with Crippen LogP contribution >= 0.6 is 0 Å². The second-order valence-corrected chi connectivity index (χ2v) is 4.51. The highest BCUT2D eigenvalue weighted by molar-refractivity contribution is 4.98. The monoisotopic (exact) mass is 214 g/mol. The highest BCUT2D eigenvalue weighted by atomic mass is 16.7. The van der Waals surface area contributed by atoms with Crippen LogP contribution in [0.5, 0.6) is 0 Å². The summed E-state index contributed by atoms with van der Waals surface area (Å²) in [5.41, 5.74) is 1.16. The van der Waals surface area contributed by atoms with Gasteiger partial charge < -0.3 is 14.2 Å². The van der Waals surface area contributed by atoms with Crippen LogP contribution in [0.2, 0.25) is 0 Å². The molecule has 15 heavy (non-hydrogen) atoms. The van der Waals surface area contributed by atoms with Crippen LogP contribution < -0.4 is 0 Å². The fraction of sp³-hybridized carbons (Fsp3) is 0.833. The van der Waals surface area contributed by atoms with E-state index in [-0.39, 0.29) is 11.7 Å². The van der Waals surface area contributed by atoms with E-state index < -0.39 is 0 Å². The van der Waals surface area contributed by atoms with E-state index in [1.54, 1.807) is 7.11 Å². The van der Waals surface area contributed by atoms with Crippen LogP contribution in [0, 0.1) is 0 Å². The molecule has 1 heterocycles. The molecule has 0 saturated carbocycles. The van der Waals surface area contributed by atoms with Crippen molar-refractivity contribution in [2.75, 3.05) is 20.5 Å². The Morgan fingerprint density at radius 1 is 1.53 bits per heavy atom. The summed E-state index contributed by atoms with van der Waals surface area (Å²) in [7, 11) is 1.64.